The first-order valence-corrected chi connectivity index (χ1v) is 6.24. The van der Waals surface area contributed by atoms with Crippen molar-refractivity contribution < 1.29 is 10.0 Å². The molecule has 1 amide bonds. The molecule has 2 rings (SSSR count). The molecular formula is C15H18N2O2. The molecule has 4 heteroatoms. The molecule has 1 atom stereocenters. The van der Waals surface area contributed by atoms with Crippen molar-refractivity contribution in [3.8, 4) is 5.69 Å². The Morgan fingerprint density at radius 3 is 2.11 bits per heavy atom. The molecule has 2 aromatic rings. The molecule has 0 radical (unpaired) electrons. The largest absolute Gasteiger partial charge is 0.319 e. The monoisotopic (exact) mass is 258 g/mol. The third kappa shape index (κ3) is 2.53. The fourth-order valence-electron chi connectivity index (χ4n) is 2.24. The van der Waals surface area contributed by atoms with Gasteiger partial charge < -0.3 is 4.57 Å². The smallest absolute Gasteiger partial charge is 0.250 e. The minimum atomic E-state index is -0.402. The zero-order valence-electron chi connectivity index (χ0n) is 11.3. The van der Waals surface area contributed by atoms with Crippen molar-refractivity contribution in [1.82, 2.24) is 10.0 Å². The first kappa shape index (κ1) is 13.4. The van der Waals surface area contributed by atoms with Gasteiger partial charge in [0.25, 0.3) is 5.91 Å². The van der Waals surface area contributed by atoms with Crippen LogP contribution < -0.4 is 5.48 Å². The first-order valence-electron chi connectivity index (χ1n) is 6.24. The third-order valence-electron chi connectivity index (χ3n) is 3.43. The van der Waals surface area contributed by atoms with Gasteiger partial charge in [-0.25, -0.2) is 5.48 Å². The van der Waals surface area contributed by atoms with E-state index in [0.717, 1.165) is 11.3 Å². The number of nitrogens with zero attached hydrogens (tertiary/aromatic N) is 1. The number of nitrogens with one attached hydrogen (secondary N) is 1. The summed E-state index contributed by atoms with van der Waals surface area (Å²) in [7, 11) is 0. The van der Waals surface area contributed by atoms with Gasteiger partial charge in [0, 0.05) is 17.1 Å². The van der Waals surface area contributed by atoms with Crippen molar-refractivity contribution in [2.45, 2.75) is 26.7 Å². The Balaban J connectivity index is 2.31. The van der Waals surface area contributed by atoms with E-state index in [1.807, 2.05) is 24.3 Å². The van der Waals surface area contributed by atoms with Crippen LogP contribution in [0.15, 0.2) is 36.4 Å². The van der Waals surface area contributed by atoms with Crippen LogP contribution >= 0.6 is 0 Å². The molecule has 100 valence electrons. The van der Waals surface area contributed by atoms with Crippen molar-refractivity contribution in [3.05, 3.63) is 53.3 Å². The third-order valence-corrected chi connectivity index (χ3v) is 3.43. The Labute approximate surface area is 112 Å². The molecule has 0 saturated carbocycles. The van der Waals surface area contributed by atoms with E-state index in [-0.39, 0.29) is 5.92 Å². The van der Waals surface area contributed by atoms with Gasteiger partial charge in [-0.15, -0.1) is 0 Å². The number of benzene rings is 1. The number of carbonyl (C=O) groups is 1. The van der Waals surface area contributed by atoms with E-state index in [1.54, 1.807) is 12.4 Å². The molecule has 0 aliphatic rings. The van der Waals surface area contributed by atoms with E-state index in [0.29, 0.717) is 0 Å². The molecule has 0 aliphatic heterocycles. The van der Waals surface area contributed by atoms with E-state index in [2.05, 4.69) is 30.5 Å². The maximum absolute atomic E-state index is 11.4. The normalized spacial score (nSPS) is 12.2. The molecule has 0 saturated heterocycles. The molecule has 1 aromatic carbocycles. The first-order chi connectivity index (χ1) is 9.04. The Morgan fingerprint density at radius 1 is 1.11 bits per heavy atom. The van der Waals surface area contributed by atoms with E-state index in [4.69, 9.17) is 5.21 Å². The zero-order valence-corrected chi connectivity index (χ0v) is 11.3. The van der Waals surface area contributed by atoms with Gasteiger partial charge in [0.05, 0.1) is 5.92 Å². The summed E-state index contributed by atoms with van der Waals surface area (Å²) in [4.78, 5) is 11.4. The lowest BCUT2D eigenvalue weighted by atomic mass is 10.0. The molecule has 1 aromatic heterocycles. The van der Waals surface area contributed by atoms with Gasteiger partial charge in [-0.3, -0.25) is 10.0 Å². The molecule has 0 aliphatic carbocycles. The van der Waals surface area contributed by atoms with Gasteiger partial charge >= 0.3 is 0 Å². The van der Waals surface area contributed by atoms with Crippen LogP contribution in [0.25, 0.3) is 5.69 Å². The molecule has 0 fully saturated rings. The van der Waals surface area contributed by atoms with Gasteiger partial charge in [0.1, 0.15) is 0 Å². The Kier molecular flexibility index (Phi) is 3.71. The lowest BCUT2D eigenvalue weighted by molar-refractivity contribution is -0.130. The minimum Gasteiger partial charge on any atom is -0.319 e. The maximum atomic E-state index is 11.4. The minimum absolute atomic E-state index is 0.370. The molecule has 19 heavy (non-hydrogen) atoms. The molecular weight excluding hydrogens is 240 g/mol. The lowest BCUT2D eigenvalue weighted by Crippen LogP contribution is -2.24. The van der Waals surface area contributed by atoms with Crippen LogP contribution in [0.5, 0.6) is 0 Å². The second-order valence-electron chi connectivity index (χ2n) is 4.74. The summed E-state index contributed by atoms with van der Waals surface area (Å²) in [6, 6.07) is 11.9. The van der Waals surface area contributed by atoms with E-state index in [9.17, 15) is 4.79 Å². The molecule has 1 unspecified atom stereocenters. The summed E-state index contributed by atoms with van der Waals surface area (Å²) in [5.74, 6) is -0.771. The summed E-state index contributed by atoms with van der Waals surface area (Å²) in [6.45, 7) is 5.87. The fraction of sp³-hybridized carbons (Fsp3) is 0.267. The van der Waals surface area contributed by atoms with Crippen molar-refractivity contribution in [2.24, 2.45) is 0 Å². The van der Waals surface area contributed by atoms with Gasteiger partial charge in [-0.1, -0.05) is 12.1 Å². The van der Waals surface area contributed by atoms with Crippen LogP contribution in [-0.2, 0) is 4.79 Å². The predicted molar refractivity (Wildman–Crippen MR) is 73.6 cm³/mol. The second kappa shape index (κ2) is 5.28. The van der Waals surface area contributed by atoms with Crippen molar-refractivity contribution in [2.75, 3.05) is 0 Å². The average Bonchev–Trinajstić information content (AvgIpc) is 2.77. The van der Waals surface area contributed by atoms with Crippen LogP contribution in [0.1, 0.15) is 29.8 Å². The second-order valence-corrected chi connectivity index (χ2v) is 4.74. The number of carbonyl (C=O) groups excluding carboxylic acids is 1. The Morgan fingerprint density at radius 2 is 1.63 bits per heavy atom. The summed E-state index contributed by atoms with van der Waals surface area (Å²) in [5, 5.41) is 8.64. The van der Waals surface area contributed by atoms with Crippen LogP contribution in [0.2, 0.25) is 0 Å². The highest BCUT2D eigenvalue weighted by Gasteiger charge is 2.14. The number of hydrogen-bond donors (Lipinski definition) is 2. The van der Waals surface area contributed by atoms with E-state index >= 15 is 0 Å². The number of hydrogen-bond acceptors (Lipinski definition) is 2. The van der Waals surface area contributed by atoms with Crippen molar-refractivity contribution >= 4 is 5.91 Å². The number of hydroxylamine groups is 1. The zero-order chi connectivity index (χ0) is 14.0. The summed E-state index contributed by atoms with van der Waals surface area (Å²) < 4.78 is 2.15. The predicted octanol–water partition coefficient (Wildman–Crippen LogP) is 2.70. The molecule has 0 spiro atoms. The maximum Gasteiger partial charge on any atom is 0.250 e. The standard InChI is InChI=1S/C15H18N2O2/c1-10-4-5-11(2)17(10)14-8-6-13(7-9-14)12(3)15(18)16-19/h4-9,12,19H,1-3H3,(H,16,18). The molecule has 4 nitrogen and oxygen atoms in total. The molecule has 2 N–H and O–H groups in total. The average molecular weight is 258 g/mol. The topological polar surface area (TPSA) is 54.3 Å². The van der Waals surface area contributed by atoms with Gasteiger partial charge in [-0.2, -0.15) is 0 Å². The number of amides is 1. The highest BCUT2D eigenvalue weighted by molar-refractivity contribution is 5.82. The van der Waals surface area contributed by atoms with Crippen molar-refractivity contribution in [1.29, 1.82) is 0 Å². The SMILES string of the molecule is Cc1ccc(C)n1-c1ccc(C(C)C(=O)NO)cc1. The number of rotatable bonds is 3. The summed E-state index contributed by atoms with van der Waals surface area (Å²) >= 11 is 0. The van der Waals surface area contributed by atoms with Crippen LogP contribution in [0, 0.1) is 13.8 Å². The van der Waals surface area contributed by atoms with E-state index in [1.165, 1.54) is 11.4 Å². The van der Waals surface area contributed by atoms with Gasteiger partial charge in [0.2, 0.25) is 0 Å². The molecule has 0 bridgehead atoms. The van der Waals surface area contributed by atoms with Gasteiger partial charge in [0.15, 0.2) is 0 Å². The van der Waals surface area contributed by atoms with Crippen LogP contribution in [0.3, 0.4) is 0 Å². The van der Waals surface area contributed by atoms with Crippen molar-refractivity contribution in [3.63, 3.8) is 0 Å². The lowest BCUT2D eigenvalue weighted by Gasteiger charge is -2.13. The quantitative estimate of drug-likeness (QED) is 0.657. The molecule has 1 heterocycles. The Bertz CT molecular complexity index is 565. The Hall–Kier alpha value is -2.07. The fourth-order valence-corrected chi connectivity index (χ4v) is 2.24. The summed E-state index contributed by atoms with van der Waals surface area (Å²) in [6.07, 6.45) is 0. The highest BCUT2D eigenvalue weighted by atomic mass is 16.5. The van der Waals surface area contributed by atoms with E-state index < -0.39 is 5.91 Å². The highest BCUT2D eigenvalue weighted by Crippen LogP contribution is 2.20. The summed E-state index contributed by atoms with van der Waals surface area (Å²) in [5.41, 5.74) is 5.97. The van der Waals surface area contributed by atoms with Crippen LogP contribution in [0.4, 0.5) is 0 Å². The van der Waals surface area contributed by atoms with Crippen LogP contribution in [-0.4, -0.2) is 15.7 Å². The number of aromatic nitrogens is 1. The number of aryl methyl sites for hydroxylation is 2. The van der Waals surface area contributed by atoms with Gasteiger partial charge in [-0.05, 0) is 50.6 Å².